The minimum Gasteiger partial charge on any atom is -0.504 e. The van der Waals surface area contributed by atoms with Crippen LogP contribution in [0.1, 0.15) is 48.5 Å². The van der Waals surface area contributed by atoms with Gasteiger partial charge in [0.1, 0.15) is 24.4 Å². The fraction of sp³-hybridized carbons (Fsp3) is 0.300. The predicted molar refractivity (Wildman–Crippen MR) is 149 cm³/mol. The summed E-state index contributed by atoms with van der Waals surface area (Å²) in [7, 11) is 0. The Labute approximate surface area is 240 Å². The van der Waals surface area contributed by atoms with Crippen molar-refractivity contribution in [2.45, 2.75) is 50.1 Å². The zero-order chi connectivity index (χ0) is 30.1. The number of phenolic OH excluding ortho intramolecular Hbond substituents is 1. The van der Waals surface area contributed by atoms with Gasteiger partial charge >= 0.3 is 0 Å². The molecule has 0 aromatic heterocycles. The number of nitrogens with two attached hydrogens (primary N) is 2. The highest BCUT2D eigenvalue weighted by Crippen LogP contribution is 2.46. The van der Waals surface area contributed by atoms with Gasteiger partial charge in [-0.05, 0) is 24.0 Å². The second-order valence-electron chi connectivity index (χ2n) is 10.1. The number of carbonyl (C=O) groups is 2. The Balaban J connectivity index is 1.72. The quantitative estimate of drug-likeness (QED) is 0.108. The highest BCUT2D eigenvalue weighted by molar-refractivity contribution is 6.30. The first-order valence-electron chi connectivity index (χ1n) is 13.3. The Bertz CT molecular complexity index is 1540. The number of hydrogen-bond acceptors (Lipinski definition) is 10. The molecule has 42 heavy (non-hydrogen) atoms. The smallest absolute Gasteiger partial charge is 0.229 e. The molecule has 0 spiro atoms. The number of ether oxygens (including phenoxy) is 2. The van der Waals surface area contributed by atoms with E-state index >= 15 is 0 Å². The number of benzene rings is 3. The molecule has 5 atom stereocenters. The summed E-state index contributed by atoms with van der Waals surface area (Å²) in [5, 5.41) is 52.4. The van der Waals surface area contributed by atoms with E-state index in [9.17, 15) is 35.1 Å². The third-order valence-corrected chi connectivity index (χ3v) is 7.52. The highest BCUT2D eigenvalue weighted by Gasteiger charge is 2.46. The number of aromatic hydroxyl groups is 1. The zero-order valence-corrected chi connectivity index (χ0v) is 22.4. The van der Waals surface area contributed by atoms with E-state index in [0.717, 1.165) is 5.56 Å². The van der Waals surface area contributed by atoms with E-state index in [0.29, 0.717) is 12.0 Å². The van der Waals surface area contributed by atoms with Crippen LogP contribution in [0, 0.1) is 0 Å². The minimum absolute atomic E-state index is 0.0194. The third kappa shape index (κ3) is 5.22. The van der Waals surface area contributed by atoms with Crippen LogP contribution >= 0.6 is 0 Å². The van der Waals surface area contributed by atoms with Gasteiger partial charge in [-0.2, -0.15) is 0 Å². The summed E-state index contributed by atoms with van der Waals surface area (Å²) in [6, 6.07) is 15.6. The Hall–Kier alpha value is -4.33. The van der Waals surface area contributed by atoms with Gasteiger partial charge in [0.15, 0.2) is 29.0 Å². The molecule has 1 saturated heterocycles. The highest BCUT2D eigenvalue weighted by atomic mass is 16.7. The van der Waals surface area contributed by atoms with E-state index in [2.05, 4.69) is 4.99 Å². The van der Waals surface area contributed by atoms with Crippen molar-refractivity contribution in [3.63, 3.8) is 0 Å². The molecule has 3 aromatic rings. The number of aliphatic imine (C=N–C) groups is 1. The average molecular weight is 578 g/mol. The lowest BCUT2D eigenvalue weighted by Crippen LogP contribution is -2.60. The van der Waals surface area contributed by atoms with Gasteiger partial charge in [0.05, 0.1) is 18.7 Å². The second kappa shape index (κ2) is 11.9. The SMILES string of the molecule is NC(N)=NCc1c(CCc2ccccc2)c2c(c(O)c1OC1OC(CO)C(O)C(O)C1O)C(=O)c1ccccc1C2=O. The molecule has 1 aliphatic heterocycles. The number of phenols is 1. The summed E-state index contributed by atoms with van der Waals surface area (Å²) in [4.78, 5) is 31.7. The molecule has 220 valence electrons. The average Bonchev–Trinajstić information content (AvgIpc) is 2.99. The van der Waals surface area contributed by atoms with Crippen LogP contribution in [0.15, 0.2) is 59.6 Å². The Morgan fingerprint density at radius 3 is 2.07 bits per heavy atom. The van der Waals surface area contributed by atoms with Crippen LogP contribution < -0.4 is 16.2 Å². The molecule has 3 aromatic carbocycles. The lowest BCUT2D eigenvalue weighted by molar-refractivity contribution is -0.277. The van der Waals surface area contributed by atoms with Crippen molar-refractivity contribution in [2.24, 2.45) is 16.5 Å². The van der Waals surface area contributed by atoms with E-state index in [1.807, 2.05) is 30.3 Å². The number of carbonyl (C=O) groups excluding carboxylic acids is 2. The fourth-order valence-corrected chi connectivity index (χ4v) is 5.37. The molecule has 5 rings (SSSR count). The summed E-state index contributed by atoms with van der Waals surface area (Å²) in [6.45, 7) is -1.00. The number of aliphatic hydroxyl groups excluding tert-OH is 4. The molecule has 1 fully saturated rings. The van der Waals surface area contributed by atoms with Crippen LogP contribution in [0.25, 0.3) is 0 Å². The molecule has 5 unspecified atom stereocenters. The van der Waals surface area contributed by atoms with Crippen LogP contribution in [0.2, 0.25) is 0 Å². The summed E-state index contributed by atoms with van der Waals surface area (Å²) in [6.07, 6.45) is -7.62. The molecule has 2 aliphatic rings. The predicted octanol–water partition coefficient (Wildman–Crippen LogP) is -0.0951. The van der Waals surface area contributed by atoms with Crippen LogP contribution in [-0.4, -0.2) is 80.4 Å². The first-order chi connectivity index (χ1) is 20.1. The molecule has 12 heteroatoms. The summed E-state index contributed by atoms with van der Waals surface area (Å²) >= 11 is 0. The molecule has 9 N–H and O–H groups in total. The van der Waals surface area contributed by atoms with Crippen molar-refractivity contribution in [3.8, 4) is 11.5 Å². The standard InChI is InChI=1S/C30H31N3O9/c31-30(32)33-12-18-15(11-10-14-6-2-1-3-7-14)20-21(23(36)17-9-5-4-8-16(17)22(20)35)25(38)28(18)42-29-27(40)26(39)24(37)19(13-34)41-29/h1-9,19,24,26-27,29,34,37-40H,10-13H2,(H4,31,32,33). The normalized spacial score (nSPS) is 23.2. The molecule has 12 nitrogen and oxygen atoms in total. The van der Waals surface area contributed by atoms with Gasteiger partial charge in [0.2, 0.25) is 6.29 Å². The number of hydrogen-bond donors (Lipinski definition) is 7. The molecular formula is C30H31N3O9. The number of guanidine groups is 1. The largest absolute Gasteiger partial charge is 0.504 e. The van der Waals surface area contributed by atoms with E-state index in [-0.39, 0.29) is 52.5 Å². The number of aryl methyl sites for hydroxylation is 1. The van der Waals surface area contributed by atoms with Crippen molar-refractivity contribution in [1.82, 2.24) is 0 Å². The Morgan fingerprint density at radius 2 is 1.45 bits per heavy atom. The number of fused-ring (bicyclic) bond motifs is 2. The Kier molecular flexibility index (Phi) is 8.25. The van der Waals surface area contributed by atoms with Crippen LogP contribution in [0.3, 0.4) is 0 Å². The van der Waals surface area contributed by atoms with Gasteiger partial charge in [-0.25, -0.2) is 4.99 Å². The maximum atomic E-state index is 13.9. The van der Waals surface area contributed by atoms with Gasteiger partial charge in [-0.1, -0.05) is 54.6 Å². The van der Waals surface area contributed by atoms with E-state index in [4.69, 9.17) is 20.9 Å². The van der Waals surface area contributed by atoms with Gasteiger partial charge in [0, 0.05) is 22.3 Å². The van der Waals surface area contributed by atoms with Crippen molar-refractivity contribution < 1.29 is 44.6 Å². The number of ketones is 2. The monoisotopic (exact) mass is 577 g/mol. The lowest BCUT2D eigenvalue weighted by atomic mass is 9.78. The maximum Gasteiger partial charge on any atom is 0.229 e. The van der Waals surface area contributed by atoms with E-state index < -0.39 is 54.6 Å². The molecule has 0 saturated carbocycles. The first kappa shape index (κ1) is 29.2. The van der Waals surface area contributed by atoms with Crippen molar-refractivity contribution in [1.29, 1.82) is 0 Å². The second-order valence-corrected chi connectivity index (χ2v) is 10.1. The molecule has 0 radical (unpaired) electrons. The van der Waals surface area contributed by atoms with E-state index in [1.165, 1.54) is 12.1 Å². The number of nitrogens with zero attached hydrogens (tertiary/aromatic N) is 1. The molecule has 0 amide bonds. The van der Waals surface area contributed by atoms with Crippen molar-refractivity contribution in [3.05, 3.63) is 93.5 Å². The van der Waals surface area contributed by atoms with Gasteiger partial charge in [-0.3, -0.25) is 9.59 Å². The topological polar surface area (TPSA) is 218 Å². The minimum atomic E-state index is -1.82. The number of aliphatic hydroxyl groups is 4. The van der Waals surface area contributed by atoms with Crippen LogP contribution in [0.5, 0.6) is 11.5 Å². The van der Waals surface area contributed by atoms with Gasteiger partial charge in [0.25, 0.3) is 0 Å². The van der Waals surface area contributed by atoms with Crippen LogP contribution in [-0.2, 0) is 24.1 Å². The van der Waals surface area contributed by atoms with Crippen molar-refractivity contribution >= 4 is 17.5 Å². The number of rotatable bonds is 8. The van der Waals surface area contributed by atoms with Gasteiger partial charge in [-0.15, -0.1) is 0 Å². The van der Waals surface area contributed by atoms with E-state index in [1.54, 1.807) is 12.1 Å². The molecule has 0 bridgehead atoms. The fourth-order valence-electron chi connectivity index (χ4n) is 5.37. The third-order valence-electron chi connectivity index (χ3n) is 7.52. The first-order valence-corrected chi connectivity index (χ1v) is 13.3. The Morgan fingerprint density at radius 1 is 0.833 bits per heavy atom. The molecule has 1 aliphatic carbocycles. The summed E-state index contributed by atoms with van der Waals surface area (Å²) in [5.74, 6) is -2.46. The maximum absolute atomic E-state index is 13.9. The zero-order valence-electron chi connectivity index (χ0n) is 22.4. The molecular weight excluding hydrogens is 546 g/mol. The molecule has 1 heterocycles. The summed E-state index contributed by atoms with van der Waals surface area (Å²) < 4.78 is 11.4. The summed E-state index contributed by atoms with van der Waals surface area (Å²) in [5.41, 5.74) is 12.6. The lowest BCUT2D eigenvalue weighted by Gasteiger charge is -2.40. The van der Waals surface area contributed by atoms with Crippen molar-refractivity contribution in [2.75, 3.05) is 6.61 Å². The van der Waals surface area contributed by atoms with Gasteiger partial charge < -0.3 is 46.5 Å². The van der Waals surface area contributed by atoms with Crippen LogP contribution in [0.4, 0.5) is 0 Å².